The molecule has 0 amide bonds. The lowest BCUT2D eigenvalue weighted by Crippen LogP contribution is -2.52. The molecule has 41 heavy (non-hydrogen) atoms. The van der Waals surface area contributed by atoms with Crippen molar-refractivity contribution in [2.24, 2.45) is 17.8 Å². The molecule has 3 aliphatic rings. The van der Waals surface area contributed by atoms with Crippen molar-refractivity contribution in [3.8, 4) is 0 Å². The fraction of sp³-hybridized carbons (Fsp3) is 0.353. The second-order valence-electron chi connectivity index (χ2n) is 11.7. The number of rotatable bonds is 4. The van der Waals surface area contributed by atoms with Gasteiger partial charge >= 0.3 is 6.18 Å². The molecule has 7 rings (SSSR count). The maximum atomic E-state index is 14.5. The molecular weight excluding hydrogens is 543 g/mol. The first-order valence-electron chi connectivity index (χ1n) is 14.4. The Bertz CT molecular complexity index is 1650. The van der Waals surface area contributed by atoms with E-state index < -0.39 is 26.3 Å². The van der Waals surface area contributed by atoms with E-state index in [1.54, 1.807) is 0 Å². The maximum Gasteiger partial charge on any atom is 0.416 e. The summed E-state index contributed by atoms with van der Waals surface area (Å²) < 4.78 is 68.6. The second-order valence-corrected chi connectivity index (χ2v) is 14.0. The SMILES string of the molecule is CCC1(S(=O)(=O)c2cccc(C(F)(F)F)c2)CC(C2CC2)CC2C=Cc3c(ccc4ccccc34)C21.c1cc[nH]c1. The van der Waals surface area contributed by atoms with Crippen molar-refractivity contribution in [2.75, 3.05) is 0 Å². The first-order chi connectivity index (χ1) is 19.7. The smallest absolute Gasteiger partial charge is 0.368 e. The van der Waals surface area contributed by atoms with Gasteiger partial charge in [0.2, 0.25) is 0 Å². The second kappa shape index (κ2) is 10.5. The van der Waals surface area contributed by atoms with E-state index in [2.05, 4.69) is 35.3 Å². The molecule has 1 N–H and O–H groups in total. The summed E-state index contributed by atoms with van der Waals surface area (Å²) in [5, 5.41) is 2.17. The van der Waals surface area contributed by atoms with Crippen LogP contribution in [0.15, 0.2) is 96.2 Å². The summed E-state index contributed by atoms with van der Waals surface area (Å²) in [5.41, 5.74) is 1.13. The molecule has 2 fully saturated rings. The number of benzene rings is 3. The van der Waals surface area contributed by atoms with Gasteiger partial charge in [-0.05, 0) is 102 Å². The van der Waals surface area contributed by atoms with Crippen LogP contribution in [0.25, 0.3) is 16.8 Å². The number of allylic oxidation sites excluding steroid dienone is 1. The van der Waals surface area contributed by atoms with Gasteiger partial charge in [-0.3, -0.25) is 0 Å². The van der Waals surface area contributed by atoms with Gasteiger partial charge < -0.3 is 4.98 Å². The highest BCUT2D eigenvalue weighted by Gasteiger charge is 2.58. The number of aromatic nitrogens is 1. The molecule has 3 nitrogen and oxygen atoms in total. The zero-order valence-corrected chi connectivity index (χ0v) is 23.8. The average Bonchev–Trinajstić information content (AvgIpc) is 3.65. The quantitative estimate of drug-likeness (QED) is 0.263. The summed E-state index contributed by atoms with van der Waals surface area (Å²) in [6.45, 7) is 1.90. The third-order valence-corrected chi connectivity index (χ3v) is 12.1. The minimum absolute atomic E-state index is 0.0403. The lowest BCUT2D eigenvalue weighted by molar-refractivity contribution is -0.137. The first kappa shape index (κ1) is 27.8. The van der Waals surface area contributed by atoms with Gasteiger partial charge in [0.1, 0.15) is 0 Å². The van der Waals surface area contributed by atoms with Crippen molar-refractivity contribution in [3.05, 3.63) is 108 Å². The van der Waals surface area contributed by atoms with Crippen LogP contribution in [0.5, 0.6) is 0 Å². The van der Waals surface area contributed by atoms with Gasteiger partial charge in [0.05, 0.1) is 15.2 Å². The van der Waals surface area contributed by atoms with Crippen LogP contribution in [-0.2, 0) is 16.0 Å². The van der Waals surface area contributed by atoms with Crippen LogP contribution < -0.4 is 0 Å². The van der Waals surface area contributed by atoms with Crippen molar-refractivity contribution in [1.82, 2.24) is 4.98 Å². The Morgan fingerprint density at radius 3 is 2.34 bits per heavy atom. The van der Waals surface area contributed by atoms with Gasteiger partial charge in [-0.1, -0.05) is 61.5 Å². The van der Waals surface area contributed by atoms with Gasteiger partial charge in [0.15, 0.2) is 9.84 Å². The number of fused-ring (bicyclic) bond motifs is 5. The summed E-state index contributed by atoms with van der Waals surface area (Å²) in [4.78, 5) is 2.64. The Morgan fingerprint density at radius 1 is 0.927 bits per heavy atom. The predicted molar refractivity (Wildman–Crippen MR) is 157 cm³/mol. The monoisotopic (exact) mass is 577 g/mol. The minimum atomic E-state index is -4.60. The highest BCUT2D eigenvalue weighted by atomic mass is 32.2. The first-order valence-corrected chi connectivity index (χ1v) is 15.8. The highest BCUT2D eigenvalue weighted by molar-refractivity contribution is 7.93. The zero-order valence-electron chi connectivity index (χ0n) is 22.9. The van der Waals surface area contributed by atoms with Crippen LogP contribution >= 0.6 is 0 Å². The van der Waals surface area contributed by atoms with Crippen LogP contribution in [0, 0.1) is 17.8 Å². The van der Waals surface area contributed by atoms with E-state index in [-0.39, 0.29) is 22.6 Å². The van der Waals surface area contributed by atoms with Crippen LogP contribution in [0.3, 0.4) is 0 Å². The van der Waals surface area contributed by atoms with Crippen LogP contribution in [0.2, 0.25) is 0 Å². The molecule has 1 heterocycles. The van der Waals surface area contributed by atoms with Crippen molar-refractivity contribution in [3.63, 3.8) is 0 Å². The number of aromatic amines is 1. The van der Waals surface area contributed by atoms with Crippen LogP contribution in [0.4, 0.5) is 13.2 Å². The van der Waals surface area contributed by atoms with Crippen molar-refractivity contribution in [1.29, 1.82) is 0 Å². The number of alkyl halides is 3. The van der Waals surface area contributed by atoms with E-state index in [0.29, 0.717) is 18.8 Å². The van der Waals surface area contributed by atoms with Crippen molar-refractivity contribution < 1.29 is 21.6 Å². The molecule has 4 aromatic rings. The molecule has 4 unspecified atom stereocenters. The lowest BCUT2D eigenvalue weighted by Gasteiger charge is -2.51. The summed E-state index contributed by atoms with van der Waals surface area (Å²) in [6, 6.07) is 20.4. The molecule has 2 saturated carbocycles. The molecule has 214 valence electrons. The van der Waals surface area contributed by atoms with Gasteiger partial charge in [-0.25, -0.2) is 8.42 Å². The topological polar surface area (TPSA) is 49.9 Å². The number of halogens is 3. The van der Waals surface area contributed by atoms with Crippen LogP contribution in [-0.4, -0.2) is 18.1 Å². The van der Waals surface area contributed by atoms with E-state index in [0.717, 1.165) is 53.3 Å². The summed E-state index contributed by atoms with van der Waals surface area (Å²) in [5.74, 6) is 0.513. The molecule has 0 spiro atoms. The molecule has 0 bridgehead atoms. The predicted octanol–water partition coefficient (Wildman–Crippen LogP) is 9.04. The lowest BCUT2D eigenvalue weighted by atomic mass is 9.60. The van der Waals surface area contributed by atoms with E-state index in [9.17, 15) is 21.6 Å². The van der Waals surface area contributed by atoms with E-state index >= 15 is 0 Å². The average molecular weight is 578 g/mol. The third kappa shape index (κ3) is 4.92. The standard InChI is InChI=1S/C30H29F3O2S.C4H5N/c1-2-29(36(34,35)24-8-5-7-23(17-24)30(31,32)33)18-22(19-10-11-19)16-21-13-14-26-25-9-4-3-6-20(25)12-15-27(26)28(21)29;1-2-4-5-3-1/h3-9,12-15,17,19,21-22,28H,2,10-11,16,18H2,1H3;1-5H. The molecule has 0 saturated heterocycles. The summed E-state index contributed by atoms with van der Waals surface area (Å²) in [6.07, 6.45) is 7.47. The molecular formula is C34H34F3NO2S. The zero-order chi connectivity index (χ0) is 28.8. The number of hydrogen-bond donors (Lipinski definition) is 1. The molecule has 0 aliphatic heterocycles. The Labute approximate surface area is 239 Å². The summed E-state index contributed by atoms with van der Waals surface area (Å²) >= 11 is 0. The molecule has 3 aromatic carbocycles. The Kier molecular flexibility index (Phi) is 7.13. The van der Waals surface area contributed by atoms with Gasteiger partial charge in [-0.15, -0.1) is 0 Å². The molecule has 4 atom stereocenters. The van der Waals surface area contributed by atoms with Gasteiger partial charge in [0.25, 0.3) is 0 Å². The Balaban J connectivity index is 0.000000548. The molecule has 1 aromatic heterocycles. The Hall–Kier alpha value is -3.32. The van der Waals surface area contributed by atoms with Crippen LogP contribution in [0.1, 0.15) is 61.6 Å². The van der Waals surface area contributed by atoms with E-state index in [1.807, 2.05) is 49.6 Å². The fourth-order valence-electron chi connectivity index (χ4n) is 7.33. The van der Waals surface area contributed by atoms with E-state index in [4.69, 9.17) is 0 Å². The largest absolute Gasteiger partial charge is 0.416 e. The number of sulfone groups is 1. The highest BCUT2D eigenvalue weighted by Crippen LogP contribution is 2.60. The third-order valence-electron chi connectivity index (χ3n) is 9.42. The Morgan fingerprint density at radius 2 is 1.68 bits per heavy atom. The maximum absolute atomic E-state index is 14.5. The van der Waals surface area contributed by atoms with E-state index in [1.165, 1.54) is 12.1 Å². The molecule has 3 aliphatic carbocycles. The number of H-pyrrole nitrogens is 1. The van der Waals surface area contributed by atoms with Crippen molar-refractivity contribution in [2.45, 2.75) is 60.8 Å². The van der Waals surface area contributed by atoms with Gasteiger partial charge in [0, 0.05) is 18.3 Å². The molecule has 7 heteroatoms. The fourth-order valence-corrected chi connectivity index (χ4v) is 9.79. The van der Waals surface area contributed by atoms with Gasteiger partial charge in [-0.2, -0.15) is 13.2 Å². The number of hydrogen-bond acceptors (Lipinski definition) is 2. The molecule has 0 radical (unpaired) electrons. The van der Waals surface area contributed by atoms with Crippen molar-refractivity contribution >= 4 is 26.7 Å². The number of nitrogens with one attached hydrogen (secondary N) is 1. The summed E-state index contributed by atoms with van der Waals surface area (Å²) in [7, 11) is -4.10. The minimum Gasteiger partial charge on any atom is -0.368 e. The normalized spacial score (nSPS) is 25.6.